The molecule has 2 bridgehead atoms. The van der Waals surface area contributed by atoms with E-state index in [0.29, 0.717) is 24.6 Å². The Bertz CT molecular complexity index is 932. The highest BCUT2D eigenvalue weighted by Gasteiger charge is 2.41. The molecular formula is C17H18N6O2. The molecule has 25 heavy (non-hydrogen) atoms. The maximum absolute atomic E-state index is 13.2. The SMILES string of the molecule is Cc1cc(-n2cncn2)c2ncc(C(=O)N3C4CC[C@H]3COC4)n2c1. The topological polar surface area (TPSA) is 77.5 Å². The molecule has 2 saturated heterocycles. The fourth-order valence-electron chi connectivity index (χ4n) is 3.95. The second-order valence-electron chi connectivity index (χ2n) is 6.71. The summed E-state index contributed by atoms with van der Waals surface area (Å²) in [6.45, 7) is 3.25. The highest BCUT2D eigenvalue weighted by atomic mass is 16.5. The van der Waals surface area contributed by atoms with Crippen LogP contribution in [0.25, 0.3) is 11.3 Å². The van der Waals surface area contributed by atoms with E-state index in [1.165, 1.54) is 6.33 Å². The summed E-state index contributed by atoms with van der Waals surface area (Å²) in [5.74, 6) is 0.0263. The third-order valence-corrected chi connectivity index (χ3v) is 5.08. The summed E-state index contributed by atoms with van der Waals surface area (Å²) >= 11 is 0. The number of ether oxygens (including phenoxy) is 1. The number of imidazole rings is 1. The molecule has 1 unspecified atom stereocenters. The molecule has 128 valence electrons. The van der Waals surface area contributed by atoms with Gasteiger partial charge in [-0.2, -0.15) is 5.10 Å². The summed E-state index contributed by atoms with van der Waals surface area (Å²) in [6, 6.07) is 2.34. The summed E-state index contributed by atoms with van der Waals surface area (Å²) < 4.78 is 9.13. The average molecular weight is 338 g/mol. The van der Waals surface area contributed by atoms with Gasteiger partial charge in [0.2, 0.25) is 0 Å². The van der Waals surface area contributed by atoms with Crippen molar-refractivity contribution in [1.29, 1.82) is 0 Å². The number of fused-ring (bicyclic) bond motifs is 3. The van der Waals surface area contributed by atoms with Crippen molar-refractivity contribution in [2.75, 3.05) is 13.2 Å². The van der Waals surface area contributed by atoms with Crippen LogP contribution in [-0.4, -0.2) is 60.3 Å². The second kappa shape index (κ2) is 5.38. The number of carbonyl (C=O) groups is 1. The van der Waals surface area contributed by atoms with Gasteiger partial charge < -0.3 is 9.64 Å². The van der Waals surface area contributed by atoms with Crippen LogP contribution >= 0.6 is 0 Å². The quantitative estimate of drug-likeness (QED) is 0.702. The molecule has 2 atom stereocenters. The van der Waals surface area contributed by atoms with E-state index in [1.54, 1.807) is 17.2 Å². The van der Waals surface area contributed by atoms with Crippen molar-refractivity contribution in [2.45, 2.75) is 31.8 Å². The number of amides is 1. The minimum atomic E-state index is 0.0263. The normalized spacial score (nSPS) is 22.7. The van der Waals surface area contributed by atoms with E-state index < -0.39 is 0 Å². The van der Waals surface area contributed by atoms with Crippen LogP contribution < -0.4 is 0 Å². The Kier molecular flexibility index (Phi) is 3.14. The van der Waals surface area contributed by atoms with Gasteiger partial charge in [0, 0.05) is 6.20 Å². The van der Waals surface area contributed by atoms with E-state index in [1.807, 2.05) is 28.5 Å². The summed E-state index contributed by atoms with van der Waals surface area (Å²) in [5.41, 5.74) is 3.11. The fourth-order valence-corrected chi connectivity index (χ4v) is 3.95. The third kappa shape index (κ3) is 2.17. The number of hydrogen-bond acceptors (Lipinski definition) is 5. The largest absolute Gasteiger partial charge is 0.377 e. The molecular weight excluding hydrogens is 320 g/mol. The predicted molar refractivity (Wildman–Crippen MR) is 88.6 cm³/mol. The summed E-state index contributed by atoms with van der Waals surface area (Å²) in [7, 11) is 0. The number of hydrogen-bond donors (Lipinski definition) is 0. The smallest absolute Gasteiger partial charge is 0.273 e. The van der Waals surface area contributed by atoms with E-state index in [2.05, 4.69) is 15.1 Å². The van der Waals surface area contributed by atoms with E-state index in [4.69, 9.17) is 4.74 Å². The number of rotatable bonds is 2. The van der Waals surface area contributed by atoms with Crippen LogP contribution in [0.4, 0.5) is 0 Å². The van der Waals surface area contributed by atoms with E-state index >= 15 is 0 Å². The highest BCUT2D eigenvalue weighted by Crippen LogP contribution is 2.30. The lowest BCUT2D eigenvalue weighted by Crippen LogP contribution is -2.49. The van der Waals surface area contributed by atoms with Crippen molar-refractivity contribution in [1.82, 2.24) is 29.0 Å². The van der Waals surface area contributed by atoms with Crippen LogP contribution in [0.15, 0.2) is 31.1 Å². The van der Waals surface area contributed by atoms with Crippen molar-refractivity contribution in [3.05, 3.63) is 42.4 Å². The molecule has 2 aliphatic heterocycles. The molecule has 3 aromatic rings. The predicted octanol–water partition coefficient (Wildman–Crippen LogP) is 1.23. The lowest BCUT2D eigenvalue weighted by molar-refractivity contribution is -0.00751. The van der Waals surface area contributed by atoms with Gasteiger partial charge in [0.15, 0.2) is 5.65 Å². The molecule has 2 fully saturated rings. The molecule has 0 saturated carbocycles. The number of pyridine rings is 1. The number of nitrogens with zero attached hydrogens (tertiary/aromatic N) is 6. The fraction of sp³-hybridized carbons (Fsp3) is 0.412. The van der Waals surface area contributed by atoms with Crippen molar-refractivity contribution in [3.63, 3.8) is 0 Å². The standard InChI is InChI=1S/C17H18N6O2/c1-11-4-14(22-10-18-9-20-22)16-19-5-15(21(16)6-11)17(24)23-12-2-3-13(23)8-25-7-12/h4-6,9-10,12-13H,2-3,7-8H2,1H3/t12-,13?/m0/s1. The minimum absolute atomic E-state index is 0.0263. The second-order valence-corrected chi connectivity index (χ2v) is 6.71. The molecule has 0 spiro atoms. The lowest BCUT2D eigenvalue weighted by Gasteiger charge is -2.34. The van der Waals surface area contributed by atoms with Crippen molar-refractivity contribution >= 4 is 11.6 Å². The monoisotopic (exact) mass is 338 g/mol. The van der Waals surface area contributed by atoms with E-state index in [0.717, 1.165) is 24.1 Å². The number of aryl methyl sites for hydroxylation is 1. The lowest BCUT2D eigenvalue weighted by atomic mass is 10.2. The molecule has 8 nitrogen and oxygen atoms in total. The van der Waals surface area contributed by atoms with Crippen LogP contribution in [0.2, 0.25) is 0 Å². The number of aromatic nitrogens is 5. The van der Waals surface area contributed by atoms with Gasteiger partial charge in [0.05, 0.1) is 31.5 Å². The summed E-state index contributed by atoms with van der Waals surface area (Å²) in [4.78, 5) is 23.7. The summed E-state index contributed by atoms with van der Waals surface area (Å²) in [5, 5.41) is 4.20. The van der Waals surface area contributed by atoms with Gasteiger partial charge in [-0.05, 0) is 31.4 Å². The van der Waals surface area contributed by atoms with Crippen LogP contribution in [-0.2, 0) is 4.74 Å². The van der Waals surface area contributed by atoms with Crippen molar-refractivity contribution in [2.24, 2.45) is 0 Å². The van der Waals surface area contributed by atoms with Crippen molar-refractivity contribution < 1.29 is 9.53 Å². The Labute approximate surface area is 144 Å². The zero-order chi connectivity index (χ0) is 17.0. The van der Waals surface area contributed by atoms with Gasteiger partial charge >= 0.3 is 0 Å². The first-order valence-corrected chi connectivity index (χ1v) is 8.45. The zero-order valence-corrected chi connectivity index (χ0v) is 13.9. The van der Waals surface area contributed by atoms with Crippen LogP contribution in [0.5, 0.6) is 0 Å². The van der Waals surface area contributed by atoms with Gasteiger partial charge in [-0.15, -0.1) is 0 Å². The van der Waals surface area contributed by atoms with Gasteiger partial charge in [0.1, 0.15) is 24.0 Å². The maximum atomic E-state index is 13.2. The number of morpholine rings is 1. The molecule has 5 rings (SSSR count). The van der Waals surface area contributed by atoms with E-state index in [-0.39, 0.29) is 18.0 Å². The van der Waals surface area contributed by atoms with Gasteiger partial charge in [-0.3, -0.25) is 9.20 Å². The van der Waals surface area contributed by atoms with Gasteiger partial charge in [-0.1, -0.05) is 0 Å². The molecule has 8 heteroatoms. The average Bonchev–Trinajstić information content (AvgIpc) is 3.32. The van der Waals surface area contributed by atoms with Crippen LogP contribution in [0.3, 0.4) is 0 Å². The van der Waals surface area contributed by atoms with Crippen LogP contribution in [0.1, 0.15) is 28.9 Å². The molecule has 0 N–H and O–H groups in total. The molecule has 5 heterocycles. The molecule has 0 aliphatic carbocycles. The highest BCUT2D eigenvalue weighted by molar-refractivity contribution is 5.94. The Morgan fingerprint density at radius 2 is 2.08 bits per heavy atom. The van der Waals surface area contributed by atoms with E-state index in [9.17, 15) is 4.79 Å². The molecule has 0 aromatic carbocycles. The first-order chi connectivity index (χ1) is 12.2. The van der Waals surface area contributed by atoms with Crippen molar-refractivity contribution in [3.8, 4) is 5.69 Å². The minimum Gasteiger partial charge on any atom is -0.377 e. The molecule has 3 aromatic heterocycles. The third-order valence-electron chi connectivity index (χ3n) is 5.08. The van der Waals surface area contributed by atoms with Crippen LogP contribution in [0, 0.1) is 6.92 Å². The first-order valence-electron chi connectivity index (χ1n) is 8.45. The molecule has 0 radical (unpaired) electrons. The Morgan fingerprint density at radius 3 is 2.80 bits per heavy atom. The van der Waals surface area contributed by atoms with Gasteiger partial charge in [-0.25, -0.2) is 14.6 Å². The first kappa shape index (κ1) is 14.6. The number of carbonyl (C=O) groups excluding carboxylic acids is 1. The molecule has 1 amide bonds. The maximum Gasteiger partial charge on any atom is 0.273 e. The Hall–Kier alpha value is -2.74. The Morgan fingerprint density at radius 1 is 1.28 bits per heavy atom. The zero-order valence-electron chi connectivity index (χ0n) is 13.9. The summed E-state index contributed by atoms with van der Waals surface area (Å²) in [6.07, 6.45) is 8.74. The molecule has 2 aliphatic rings. The van der Waals surface area contributed by atoms with Gasteiger partial charge in [0.25, 0.3) is 5.91 Å². The Balaban J connectivity index is 1.62.